The zero-order chi connectivity index (χ0) is 15.3. The molecule has 0 heterocycles. The molecule has 1 atom stereocenters. The molecule has 0 aliphatic carbocycles. The molecule has 0 amide bonds. The average molecular weight is 291 g/mol. The first-order valence-corrected chi connectivity index (χ1v) is 8.58. The molecule has 0 spiro atoms. The third-order valence-electron chi connectivity index (χ3n) is 4.16. The molecule has 0 saturated carbocycles. The molecular weight excluding hydrogens is 258 g/mol. The predicted molar refractivity (Wildman–Crippen MR) is 92.1 cm³/mol. The lowest BCUT2D eigenvalue weighted by Gasteiger charge is -2.18. The van der Waals surface area contributed by atoms with Crippen molar-refractivity contribution in [2.45, 2.75) is 58.3 Å². The van der Waals surface area contributed by atoms with Crippen LogP contribution in [0.5, 0.6) is 5.75 Å². The summed E-state index contributed by atoms with van der Waals surface area (Å²) in [5.74, 6) is 1.74. The van der Waals surface area contributed by atoms with Crippen LogP contribution in [0.3, 0.4) is 0 Å². The summed E-state index contributed by atoms with van der Waals surface area (Å²) >= 11 is 0. The van der Waals surface area contributed by atoms with Gasteiger partial charge in [-0.2, -0.15) is 0 Å². The van der Waals surface area contributed by atoms with E-state index in [1.807, 2.05) is 6.07 Å². The largest absolute Gasteiger partial charge is 0.496 e. The molecule has 120 valence electrons. The summed E-state index contributed by atoms with van der Waals surface area (Å²) in [5.41, 5.74) is 1.34. The second kappa shape index (κ2) is 11.6. The van der Waals surface area contributed by atoms with Gasteiger partial charge in [-0.3, -0.25) is 0 Å². The lowest BCUT2D eigenvalue weighted by molar-refractivity contribution is 0.393. The molecule has 0 aliphatic rings. The molecule has 0 aliphatic heterocycles. The second-order valence-corrected chi connectivity index (χ2v) is 6.00. The second-order valence-electron chi connectivity index (χ2n) is 6.00. The lowest BCUT2D eigenvalue weighted by Crippen LogP contribution is -2.21. The Morgan fingerprint density at radius 1 is 1.05 bits per heavy atom. The number of unbranched alkanes of at least 4 members (excludes halogenated alkanes) is 5. The van der Waals surface area contributed by atoms with Crippen LogP contribution in [0.2, 0.25) is 0 Å². The quantitative estimate of drug-likeness (QED) is 0.557. The van der Waals surface area contributed by atoms with E-state index in [1.165, 1.54) is 50.5 Å². The van der Waals surface area contributed by atoms with Crippen molar-refractivity contribution in [2.75, 3.05) is 20.7 Å². The minimum Gasteiger partial charge on any atom is -0.496 e. The Labute approximate surface area is 131 Å². The number of benzene rings is 1. The van der Waals surface area contributed by atoms with E-state index < -0.39 is 0 Å². The Balaban J connectivity index is 2.38. The van der Waals surface area contributed by atoms with E-state index in [0.29, 0.717) is 5.92 Å². The first-order chi connectivity index (χ1) is 10.3. The summed E-state index contributed by atoms with van der Waals surface area (Å²) in [7, 11) is 3.82. The Kier molecular flexibility index (Phi) is 9.98. The fourth-order valence-corrected chi connectivity index (χ4v) is 2.96. The minimum atomic E-state index is 0.706. The smallest absolute Gasteiger partial charge is 0.122 e. The van der Waals surface area contributed by atoms with Gasteiger partial charge in [0, 0.05) is 0 Å². The molecular formula is C19H33NO. The summed E-state index contributed by atoms with van der Waals surface area (Å²) < 4.78 is 5.47. The summed E-state index contributed by atoms with van der Waals surface area (Å²) in [4.78, 5) is 0. The van der Waals surface area contributed by atoms with E-state index in [0.717, 1.165) is 18.7 Å². The summed E-state index contributed by atoms with van der Waals surface area (Å²) in [5, 5.41) is 3.35. The summed E-state index contributed by atoms with van der Waals surface area (Å²) in [6, 6.07) is 8.42. The van der Waals surface area contributed by atoms with Gasteiger partial charge < -0.3 is 10.1 Å². The van der Waals surface area contributed by atoms with Crippen LogP contribution in [0.15, 0.2) is 24.3 Å². The van der Waals surface area contributed by atoms with Gasteiger partial charge in [-0.1, -0.05) is 63.6 Å². The highest BCUT2D eigenvalue weighted by molar-refractivity contribution is 5.33. The fraction of sp³-hybridized carbons (Fsp3) is 0.684. The molecule has 1 rings (SSSR count). The Hall–Kier alpha value is -1.02. The predicted octanol–water partition coefficient (Wildman–Crippen LogP) is 4.82. The number of ether oxygens (including phenoxy) is 1. The van der Waals surface area contributed by atoms with Crippen molar-refractivity contribution < 1.29 is 4.74 Å². The van der Waals surface area contributed by atoms with Crippen LogP contribution in [-0.4, -0.2) is 20.7 Å². The summed E-state index contributed by atoms with van der Waals surface area (Å²) in [6.07, 6.45) is 10.7. The minimum absolute atomic E-state index is 0.706. The molecule has 21 heavy (non-hydrogen) atoms. The van der Waals surface area contributed by atoms with Gasteiger partial charge in [0.25, 0.3) is 0 Å². The standard InChI is InChI=1S/C19H33NO/c1-4-5-6-7-8-9-12-17(16-20-2)15-18-13-10-11-14-19(18)21-3/h10-11,13-14,17,20H,4-9,12,15-16H2,1-3H3. The first-order valence-electron chi connectivity index (χ1n) is 8.58. The summed E-state index contributed by atoms with van der Waals surface area (Å²) in [6.45, 7) is 3.36. The van der Waals surface area contributed by atoms with Gasteiger partial charge in [0.15, 0.2) is 0 Å². The molecule has 2 nitrogen and oxygen atoms in total. The van der Waals surface area contributed by atoms with Crippen molar-refractivity contribution in [1.29, 1.82) is 0 Å². The van der Waals surface area contributed by atoms with Crippen LogP contribution in [0, 0.1) is 5.92 Å². The third-order valence-corrected chi connectivity index (χ3v) is 4.16. The number of para-hydroxylation sites is 1. The van der Waals surface area contributed by atoms with E-state index in [1.54, 1.807) is 7.11 Å². The van der Waals surface area contributed by atoms with E-state index in [2.05, 4.69) is 37.5 Å². The molecule has 0 aromatic heterocycles. The highest BCUT2D eigenvalue weighted by Crippen LogP contribution is 2.23. The zero-order valence-corrected chi connectivity index (χ0v) is 14.2. The average Bonchev–Trinajstić information content (AvgIpc) is 2.51. The Morgan fingerprint density at radius 3 is 2.48 bits per heavy atom. The van der Waals surface area contributed by atoms with Crippen LogP contribution in [-0.2, 0) is 6.42 Å². The highest BCUT2D eigenvalue weighted by Gasteiger charge is 2.11. The van der Waals surface area contributed by atoms with Gasteiger partial charge in [-0.15, -0.1) is 0 Å². The van der Waals surface area contributed by atoms with Gasteiger partial charge in [-0.25, -0.2) is 0 Å². The Bertz CT molecular complexity index is 364. The van der Waals surface area contributed by atoms with Crippen LogP contribution >= 0.6 is 0 Å². The SMILES string of the molecule is CCCCCCCCC(CNC)Cc1ccccc1OC. The first kappa shape index (κ1) is 18.0. The van der Waals surface area contributed by atoms with E-state index in [4.69, 9.17) is 4.74 Å². The van der Waals surface area contributed by atoms with Crippen molar-refractivity contribution in [3.8, 4) is 5.75 Å². The number of hydrogen-bond donors (Lipinski definition) is 1. The van der Waals surface area contributed by atoms with Gasteiger partial charge in [0.2, 0.25) is 0 Å². The number of methoxy groups -OCH3 is 1. The normalized spacial score (nSPS) is 12.3. The van der Waals surface area contributed by atoms with Crippen LogP contribution in [0.4, 0.5) is 0 Å². The van der Waals surface area contributed by atoms with Crippen LogP contribution in [0.1, 0.15) is 57.4 Å². The maximum atomic E-state index is 5.47. The monoisotopic (exact) mass is 291 g/mol. The number of hydrogen-bond acceptors (Lipinski definition) is 2. The molecule has 0 bridgehead atoms. The van der Waals surface area contributed by atoms with Crippen molar-refractivity contribution in [2.24, 2.45) is 5.92 Å². The molecule has 0 radical (unpaired) electrons. The molecule has 2 heteroatoms. The maximum absolute atomic E-state index is 5.47. The number of nitrogens with one attached hydrogen (secondary N) is 1. The fourth-order valence-electron chi connectivity index (χ4n) is 2.96. The van der Waals surface area contributed by atoms with Crippen LogP contribution in [0.25, 0.3) is 0 Å². The molecule has 1 aromatic rings. The molecule has 0 fully saturated rings. The van der Waals surface area contributed by atoms with Crippen molar-refractivity contribution in [3.05, 3.63) is 29.8 Å². The van der Waals surface area contributed by atoms with Crippen molar-refractivity contribution in [1.82, 2.24) is 5.32 Å². The molecule has 1 unspecified atom stereocenters. The van der Waals surface area contributed by atoms with E-state index >= 15 is 0 Å². The topological polar surface area (TPSA) is 21.3 Å². The molecule has 1 aromatic carbocycles. The Morgan fingerprint density at radius 2 is 1.76 bits per heavy atom. The highest BCUT2D eigenvalue weighted by atomic mass is 16.5. The van der Waals surface area contributed by atoms with E-state index in [-0.39, 0.29) is 0 Å². The van der Waals surface area contributed by atoms with E-state index in [9.17, 15) is 0 Å². The zero-order valence-electron chi connectivity index (χ0n) is 14.2. The number of rotatable bonds is 12. The lowest BCUT2D eigenvalue weighted by atomic mass is 9.93. The van der Waals surface area contributed by atoms with Crippen molar-refractivity contribution >= 4 is 0 Å². The van der Waals surface area contributed by atoms with Gasteiger partial charge in [0.05, 0.1) is 7.11 Å². The molecule has 1 N–H and O–H groups in total. The van der Waals surface area contributed by atoms with Gasteiger partial charge in [-0.05, 0) is 44.0 Å². The third kappa shape index (κ3) is 7.52. The van der Waals surface area contributed by atoms with Crippen LogP contribution < -0.4 is 10.1 Å². The van der Waals surface area contributed by atoms with Gasteiger partial charge in [0.1, 0.15) is 5.75 Å². The van der Waals surface area contributed by atoms with Crippen molar-refractivity contribution in [3.63, 3.8) is 0 Å². The maximum Gasteiger partial charge on any atom is 0.122 e. The van der Waals surface area contributed by atoms with Gasteiger partial charge >= 0.3 is 0 Å². The molecule has 0 saturated heterocycles.